The molecule has 0 spiro atoms. The molecule has 0 unspecified atom stereocenters. The Kier molecular flexibility index (Phi) is 2.87. The first kappa shape index (κ1) is 12.0. The maximum Gasteiger partial charge on any atom is 0.411 e. The largest absolute Gasteiger partial charge is 0.418 e. The second-order valence-electron chi connectivity index (χ2n) is 4.35. The highest BCUT2D eigenvalue weighted by atomic mass is 16.9. The van der Waals surface area contributed by atoms with Gasteiger partial charge in [-0.05, 0) is 13.0 Å². The maximum atomic E-state index is 11.8. The van der Waals surface area contributed by atoms with E-state index >= 15 is 0 Å². The Morgan fingerprint density at radius 2 is 2.26 bits per heavy atom. The van der Waals surface area contributed by atoms with Gasteiger partial charge in [0.15, 0.2) is 6.29 Å². The number of benzene rings is 1. The van der Waals surface area contributed by atoms with Crippen LogP contribution in [-0.2, 0) is 14.4 Å². The van der Waals surface area contributed by atoms with E-state index in [0.29, 0.717) is 18.8 Å². The van der Waals surface area contributed by atoms with Crippen LogP contribution in [0.5, 0.6) is 5.75 Å². The number of esters is 1. The van der Waals surface area contributed by atoms with E-state index < -0.39 is 12.3 Å². The number of hydrogen-bond donors (Lipinski definition) is 0. The van der Waals surface area contributed by atoms with Gasteiger partial charge >= 0.3 is 11.7 Å². The number of rotatable bonds is 2. The summed E-state index contributed by atoms with van der Waals surface area (Å²) in [6.07, 6.45) is -0.219. The summed E-state index contributed by atoms with van der Waals surface area (Å²) < 4.78 is 10.5. The summed E-state index contributed by atoms with van der Waals surface area (Å²) in [6, 6.07) is 7.18. The lowest BCUT2D eigenvalue weighted by Gasteiger charge is -2.32. The van der Waals surface area contributed by atoms with Gasteiger partial charge in [-0.25, -0.2) is 4.79 Å². The van der Waals surface area contributed by atoms with Crippen molar-refractivity contribution in [2.45, 2.75) is 25.6 Å². The van der Waals surface area contributed by atoms with Gasteiger partial charge in [0.2, 0.25) is 0 Å². The second-order valence-corrected chi connectivity index (χ2v) is 4.35. The lowest BCUT2D eigenvalue weighted by molar-refractivity contribution is -0.771. The van der Waals surface area contributed by atoms with Crippen molar-refractivity contribution in [3.8, 4) is 5.75 Å². The molecule has 0 N–H and O–H groups in total. The van der Waals surface area contributed by atoms with Gasteiger partial charge in [-0.1, -0.05) is 18.2 Å². The third-order valence-electron chi connectivity index (χ3n) is 3.23. The van der Waals surface area contributed by atoms with E-state index in [2.05, 4.69) is 0 Å². The van der Waals surface area contributed by atoms with Crippen LogP contribution in [0, 0.1) is 5.21 Å². The van der Waals surface area contributed by atoms with E-state index in [0.717, 1.165) is 5.56 Å². The number of hydrogen-bond acceptors (Lipinski definition) is 5. The zero-order chi connectivity index (χ0) is 13.4. The number of carbonyl (C=O) groups excluding carboxylic acids is 1. The smallest absolute Gasteiger partial charge is 0.411 e. The number of para-hydroxylation sites is 1. The molecule has 1 aromatic rings. The highest BCUT2D eigenvalue weighted by molar-refractivity contribution is 6.38. The zero-order valence-electron chi connectivity index (χ0n) is 10.4. The first-order valence-corrected chi connectivity index (χ1v) is 6.14. The summed E-state index contributed by atoms with van der Waals surface area (Å²) in [7, 11) is 0. The minimum absolute atomic E-state index is 0.0188. The standard InChI is InChI=1S/C13H13NO5/c1-2-17-11-7-9-8-5-3-4-6-10(8)18-13(15)12(9)14(16)19-11/h3-6,9,11H,2,7H2,1H3/t9-,11+/m0/s1. The normalized spacial score (nSPS) is 25.2. The van der Waals surface area contributed by atoms with E-state index in [4.69, 9.17) is 14.3 Å². The van der Waals surface area contributed by atoms with Gasteiger partial charge in [-0.2, -0.15) is 0 Å². The van der Waals surface area contributed by atoms with Crippen molar-refractivity contribution in [3.63, 3.8) is 0 Å². The van der Waals surface area contributed by atoms with E-state index in [1.165, 1.54) is 0 Å². The molecule has 6 heteroatoms. The average Bonchev–Trinajstić information content (AvgIpc) is 2.38. The van der Waals surface area contributed by atoms with Crippen LogP contribution in [0.1, 0.15) is 24.8 Å². The minimum atomic E-state index is -0.659. The number of ether oxygens (including phenoxy) is 2. The van der Waals surface area contributed by atoms with Crippen LogP contribution in [0.4, 0.5) is 0 Å². The molecule has 0 bridgehead atoms. The highest BCUT2D eigenvalue weighted by Crippen LogP contribution is 2.37. The fraction of sp³-hybridized carbons (Fsp3) is 0.385. The molecular weight excluding hydrogens is 250 g/mol. The van der Waals surface area contributed by atoms with E-state index in [1.54, 1.807) is 12.1 Å². The Bertz CT molecular complexity index is 554. The number of carbonyl (C=O) groups is 1. The molecule has 19 heavy (non-hydrogen) atoms. The Hall–Kier alpha value is -2.08. The van der Waals surface area contributed by atoms with Crippen LogP contribution < -0.4 is 4.74 Å². The summed E-state index contributed by atoms with van der Waals surface area (Å²) >= 11 is 0. The van der Waals surface area contributed by atoms with E-state index in [-0.39, 0.29) is 16.5 Å². The summed E-state index contributed by atoms with van der Waals surface area (Å²) in [6.45, 7) is 2.26. The van der Waals surface area contributed by atoms with Crippen molar-refractivity contribution >= 4 is 11.7 Å². The van der Waals surface area contributed by atoms with Gasteiger partial charge in [0.1, 0.15) is 5.75 Å². The summed E-state index contributed by atoms with van der Waals surface area (Å²) in [5.41, 5.74) is 0.792. The Morgan fingerprint density at radius 1 is 1.47 bits per heavy atom. The fourth-order valence-electron chi connectivity index (χ4n) is 2.43. The lowest BCUT2D eigenvalue weighted by Crippen LogP contribution is -2.45. The SMILES string of the molecule is CCO[C@H]1C[C@@H]2C(=[N+]([O-])O1)C(=O)Oc1ccccc12. The third-order valence-corrected chi connectivity index (χ3v) is 3.23. The first-order chi connectivity index (χ1) is 9.20. The topological polar surface area (TPSA) is 70.8 Å². The van der Waals surface area contributed by atoms with Gasteiger partial charge in [0.25, 0.3) is 0 Å². The molecule has 3 rings (SSSR count). The van der Waals surface area contributed by atoms with Crippen molar-refractivity contribution in [3.05, 3.63) is 35.0 Å². The zero-order valence-corrected chi connectivity index (χ0v) is 10.4. The van der Waals surface area contributed by atoms with Crippen LogP contribution in [0.2, 0.25) is 0 Å². The monoisotopic (exact) mass is 263 g/mol. The van der Waals surface area contributed by atoms with Crippen LogP contribution >= 0.6 is 0 Å². The lowest BCUT2D eigenvalue weighted by atomic mass is 9.87. The summed E-state index contributed by atoms with van der Waals surface area (Å²) in [4.78, 5) is 17.1. The van der Waals surface area contributed by atoms with E-state index in [9.17, 15) is 10.0 Å². The molecule has 6 nitrogen and oxygen atoms in total. The highest BCUT2D eigenvalue weighted by Gasteiger charge is 2.46. The molecule has 0 aliphatic carbocycles. The third kappa shape index (κ3) is 1.94. The van der Waals surface area contributed by atoms with Crippen molar-refractivity contribution in [2.24, 2.45) is 0 Å². The van der Waals surface area contributed by atoms with Crippen molar-refractivity contribution in [1.82, 2.24) is 0 Å². The molecule has 100 valence electrons. The van der Waals surface area contributed by atoms with Gasteiger partial charge in [-0.3, -0.25) is 5.21 Å². The molecule has 0 amide bonds. The summed E-state index contributed by atoms with van der Waals surface area (Å²) in [5, 5.41) is 11.8. The predicted molar refractivity (Wildman–Crippen MR) is 64.6 cm³/mol. The molecule has 0 fully saturated rings. The van der Waals surface area contributed by atoms with Gasteiger partial charge in [-0.15, -0.1) is 0 Å². The van der Waals surface area contributed by atoms with Gasteiger partial charge in [0.05, 0.1) is 10.8 Å². The molecule has 0 saturated heterocycles. The van der Waals surface area contributed by atoms with Crippen molar-refractivity contribution in [2.75, 3.05) is 6.61 Å². The van der Waals surface area contributed by atoms with Crippen LogP contribution in [0.25, 0.3) is 0 Å². The second kappa shape index (κ2) is 4.55. The van der Waals surface area contributed by atoms with Gasteiger partial charge < -0.3 is 14.3 Å². The van der Waals surface area contributed by atoms with Crippen LogP contribution in [0.3, 0.4) is 0 Å². The Morgan fingerprint density at radius 3 is 3.05 bits per heavy atom. The fourth-order valence-corrected chi connectivity index (χ4v) is 2.43. The predicted octanol–water partition coefficient (Wildman–Crippen LogP) is 1.34. The van der Waals surface area contributed by atoms with Crippen LogP contribution in [-0.4, -0.2) is 29.5 Å². The van der Waals surface area contributed by atoms with Crippen LogP contribution in [0.15, 0.2) is 24.3 Å². The minimum Gasteiger partial charge on any atom is -0.418 e. The van der Waals surface area contributed by atoms with Crippen molar-refractivity contribution < 1.29 is 24.0 Å². The quantitative estimate of drug-likeness (QED) is 0.457. The van der Waals surface area contributed by atoms with Crippen molar-refractivity contribution in [1.29, 1.82) is 0 Å². The number of fused-ring (bicyclic) bond motifs is 3. The molecule has 0 saturated carbocycles. The molecule has 2 aliphatic rings. The van der Waals surface area contributed by atoms with Gasteiger partial charge in [0, 0.05) is 18.6 Å². The number of nitrogens with zero attached hydrogens (tertiary/aromatic N) is 1. The maximum absolute atomic E-state index is 11.8. The Balaban J connectivity index is 2.04. The molecule has 2 aliphatic heterocycles. The summed E-state index contributed by atoms with van der Waals surface area (Å²) in [5.74, 6) is -0.513. The molecule has 2 atom stereocenters. The molecule has 2 heterocycles. The average molecular weight is 263 g/mol. The molecule has 1 aromatic carbocycles. The Labute approximate surface area is 109 Å². The molecular formula is C13H13NO5. The molecule has 0 radical (unpaired) electrons. The van der Waals surface area contributed by atoms with E-state index in [1.807, 2.05) is 19.1 Å². The molecule has 0 aromatic heterocycles. The first-order valence-electron chi connectivity index (χ1n) is 6.14.